The van der Waals surface area contributed by atoms with Crippen molar-refractivity contribution in [1.29, 1.82) is 0 Å². The van der Waals surface area contributed by atoms with Crippen LogP contribution in [0.5, 0.6) is 0 Å². The minimum Gasteiger partial charge on any atom is -0.352 e. The van der Waals surface area contributed by atoms with Crippen LogP contribution in [0.4, 0.5) is 4.39 Å². The number of hydrogen-bond acceptors (Lipinski definition) is 3. The van der Waals surface area contributed by atoms with Crippen molar-refractivity contribution in [2.75, 3.05) is 39.3 Å². The summed E-state index contributed by atoms with van der Waals surface area (Å²) in [7, 11) is 0. The largest absolute Gasteiger partial charge is 0.352 e. The van der Waals surface area contributed by atoms with E-state index in [0.717, 1.165) is 51.5 Å². The average Bonchev–Trinajstić information content (AvgIpc) is 3.07. The number of nitrogens with zero attached hydrogens (tertiary/aromatic N) is 2. The van der Waals surface area contributed by atoms with Crippen LogP contribution < -0.4 is 5.32 Å². The van der Waals surface area contributed by atoms with E-state index in [-0.39, 0.29) is 11.7 Å². The van der Waals surface area contributed by atoms with Gasteiger partial charge in [-0.05, 0) is 61.1 Å². The Morgan fingerprint density at radius 2 is 1.81 bits per heavy atom. The first-order chi connectivity index (χ1) is 13.1. The SMILES string of the molecule is O=C(N[C@H]1CCN(CCc2ccc(F)cc2)C1)C1C2CC3CC1CN(C3)C2. The third kappa shape index (κ3) is 3.64. The number of nitrogens with one attached hydrogen (secondary N) is 1. The molecule has 1 aromatic carbocycles. The van der Waals surface area contributed by atoms with Gasteiger partial charge in [-0.15, -0.1) is 0 Å². The molecule has 1 aromatic rings. The summed E-state index contributed by atoms with van der Waals surface area (Å²) in [4.78, 5) is 18.0. The first-order valence-electron chi connectivity index (χ1n) is 10.6. The second-order valence-electron chi connectivity index (χ2n) is 9.27. The van der Waals surface area contributed by atoms with Crippen LogP contribution in [0.2, 0.25) is 0 Å². The lowest BCUT2D eigenvalue weighted by Crippen LogP contribution is -2.61. The Labute approximate surface area is 161 Å². The highest BCUT2D eigenvalue weighted by Crippen LogP contribution is 2.47. The Balaban J connectivity index is 1.11. The maximum atomic E-state index is 13.0. The van der Waals surface area contributed by atoms with E-state index in [1.165, 1.54) is 37.1 Å². The fourth-order valence-electron chi connectivity index (χ4n) is 6.23. The van der Waals surface area contributed by atoms with Crippen LogP contribution in [0.15, 0.2) is 24.3 Å². The predicted molar refractivity (Wildman–Crippen MR) is 103 cm³/mol. The van der Waals surface area contributed by atoms with E-state index in [2.05, 4.69) is 15.1 Å². The number of hydrogen-bond donors (Lipinski definition) is 1. The highest BCUT2D eigenvalue weighted by molar-refractivity contribution is 5.80. The zero-order chi connectivity index (χ0) is 18.4. The van der Waals surface area contributed by atoms with Crippen molar-refractivity contribution in [3.05, 3.63) is 35.6 Å². The quantitative estimate of drug-likeness (QED) is 0.862. The molecule has 4 saturated heterocycles. The van der Waals surface area contributed by atoms with Crippen LogP contribution in [0, 0.1) is 29.5 Å². The van der Waals surface area contributed by atoms with E-state index in [9.17, 15) is 9.18 Å². The molecule has 27 heavy (non-hydrogen) atoms. The first-order valence-corrected chi connectivity index (χ1v) is 10.6. The number of halogens is 1. The van der Waals surface area contributed by atoms with Gasteiger partial charge in [-0.1, -0.05) is 12.1 Å². The number of rotatable bonds is 5. The van der Waals surface area contributed by atoms with Gasteiger partial charge in [0.25, 0.3) is 0 Å². The first kappa shape index (κ1) is 17.6. The van der Waals surface area contributed by atoms with E-state index in [4.69, 9.17) is 0 Å². The number of carbonyl (C=O) groups excluding carboxylic acids is 1. The van der Waals surface area contributed by atoms with Crippen molar-refractivity contribution in [2.45, 2.75) is 31.7 Å². The Kier molecular flexibility index (Phi) is 4.68. The van der Waals surface area contributed by atoms with E-state index < -0.39 is 0 Å². The average molecular weight is 372 g/mol. The smallest absolute Gasteiger partial charge is 0.224 e. The maximum absolute atomic E-state index is 13.0. The molecule has 1 N–H and O–H groups in total. The number of amides is 1. The van der Waals surface area contributed by atoms with E-state index in [0.29, 0.717) is 23.8 Å². The monoisotopic (exact) mass is 371 g/mol. The van der Waals surface area contributed by atoms with Crippen LogP contribution in [0.25, 0.3) is 0 Å². The molecule has 4 heterocycles. The van der Waals surface area contributed by atoms with Gasteiger partial charge in [0.2, 0.25) is 5.91 Å². The van der Waals surface area contributed by atoms with Gasteiger partial charge in [0, 0.05) is 51.2 Å². The summed E-state index contributed by atoms with van der Waals surface area (Å²) in [5, 5.41) is 3.39. The van der Waals surface area contributed by atoms with Crippen LogP contribution in [0.3, 0.4) is 0 Å². The minimum atomic E-state index is -0.177. The summed E-state index contributed by atoms with van der Waals surface area (Å²) >= 11 is 0. The zero-order valence-corrected chi connectivity index (χ0v) is 15.9. The fourth-order valence-corrected chi connectivity index (χ4v) is 6.23. The number of likely N-dealkylation sites (tertiary alicyclic amines) is 1. The summed E-state index contributed by atoms with van der Waals surface area (Å²) in [6.45, 7) is 6.51. The van der Waals surface area contributed by atoms with Crippen molar-refractivity contribution in [3.63, 3.8) is 0 Å². The summed E-state index contributed by atoms with van der Waals surface area (Å²) in [5.41, 5.74) is 1.17. The Morgan fingerprint density at radius 3 is 2.52 bits per heavy atom. The van der Waals surface area contributed by atoms with Crippen molar-refractivity contribution >= 4 is 5.91 Å². The molecule has 4 aliphatic heterocycles. The van der Waals surface area contributed by atoms with Crippen LogP contribution >= 0.6 is 0 Å². The highest BCUT2D eigenvalue weighted by atomic mass is 19.1. The van der Waals surface area contributed by atoms with Crippen LogP contribution in [-0.2, 0) is 11.2 Å². The van der Waals surface area contributed by atoms with E-state index >= 15 is 0 Å². The lowest BCUT2D eigenvalue weighted by atomic mass is 9.61. The van der Waals surface area contributed by atoms with Gasteiger partial charge in [0.1, 0.15) is 5.82 Å². The fraction of sp³-hybridized carbons (Fsp3) is 0.682. The van der Waals surface area contributed by atoms with Gasteiger partial charge >= 0.3 is 0 Å². The molecule has 2 unspecified atom stereocenters. The summed E-state index contributed by atoms with van der Waals surface area (Å²) in [5.74, 6) is 2.44. The molecular formula is C22H30FN3O. The lowest BCUT2D eigenvalue weighted by molar-refractivity contribution is -0.141. The second-order valence-corrected chi connectivity index (χ2v) is 9.27. The molecule has 5 heteroatoms. The molecular weight excluding hydrogens is 341 g/mol. The topological polar surface area (TPSA) is 35.6 Å². The van der Waals surface area contributed by atoms with Crippen LogP contribution in [-0.4, -0.2) is 61.0 Å². The third-order valence-corrected chi connectivity index (χ3v) is 7.34. The molecule has 5 aliphatic rings. The van der Waals surface area contributed by atoms with Crippen molar-refractivity contribution in [2.24, 2.45) is 23.7 Å². The maximum Gasteiger partial charge on any atom is 0.224 e. The normalized spacial score (nSPS) is 37.7. The Morgan fingerprint density at radius 1 is 1.07 bits per heavy atom. The molecule has 0 aromatic heterocycles. The van der Waals surface area contributed by atoms with Crippen molar-refractivity contribution in [1.82, 2.24) is 15.1 Å². The molecule has 6 rings (SSSR count). The summed E-state index contributed by atoms with van der Waals surface area (Å²) in [6.07, 6.45) is 4.51. The standard InChI is InChI=1S/C22H30FN3O/c23-19-3-1-15(2-4-19)5-7-25-8-6-20(14-25)24-22(27)21-17-9-16-10-18(21)13-26(11-16)12-17/h1-4,16-18,20-21H,5-14H2,(H,24,27)/t16?,17?,18?,20-,21?/m0/s1. The molecule has 0 spiro atoms. The zero-order valence-electron chi connectivity index (χ0n) is 15.9. The number of carbonyl (C=O) groups is 1. The highest BCUT2D eigenvalue weighted by Gasteiger charge is 2.50. The Hall–Kier alpha value is -1.46. The van der Waals surface area contributed by atoms with E-state index in [1.54, 1.807) is 0 Å². The molecule has 4 nitrogen and oxygen atoms in total. The van der Waals surface area contributed by atoms with Gasteiger partial charge in [-0.25, -0.2) is 4.39 Å². The molecule has 3 atom stereocenters. The second kappa shape index (κ2) is 7.17. The van der Waals surface area contributed by atoms with E-state index in [1.807, 2.05) is 12.1 Å². The third-order valence-electron chi connectivity index (χ3n) is 7.34. The molecule has 1 saturated carbocycles. The number of piperidine rings is 3. The lowest BCUT2D eigenvalue weighted by Gasteiger charge is -2.55. The molecule has 0 radical (unpaired) electrons. The summed E-state index contributed by atoms with van der Waals surface area (Å²) in [6, 6.07) is 7.09. The number of benzene rings is 1. The predicted octanol–water partition coefficient (Wildman–Crippen LogP) is 2.15. The molecule has 146 valence electrons. The minimum absolute atomic E-state index is 0.177. The van der Waals surface area contributed by atoms with Crippen molar-refractivity contribution < 1.29 is 9.18 Å². The molecule has 1 amide bonds. The molecule has 5 fully saturated rings. The van der Waals surface area contributed by atoms with Gasteiger partial charge in [-0.2, -0.15) is 0 Å². The summed E-state index contributed by atoms with van der Waals surface area (Å²) < 4.78 is 13.0. The molecule has 4 bridgehead atoms. The Bertz CT molecular complexity index is 663. The van der Waals surface area contributed by atoms with Gasteiger partial charge < -0.3 is 15.1 Å². The van der Waals surface area contributed by atoms with Crippen LogP contribution in [0.1, 0.15) is 24.8 Å². The van der Waals surface area contributed by atoms with Gasteiger partial charge in [-0.3, -0.25) is 4.79 Å². The van der Waals surface area contributed by atoms with Gasteiger partial charge in [0.05, 0.1) is 0 Å². The van der Waals surface area contributed by atoms with Crippen molar-refractivity contribution in [3.8, 4) is 0 Å². The van der Waals surface area contributed by atoms with Gasteiger partial charge in [0.15, 0.2) is 0 Å². The molecule has 1 aliphatic carbocycles.